The molecule has 2 fully saturated rings. The zero-order chi connectivity index (χ0) is 21.1. The Bertz CT molecular complexity index is 1140. The number of nitro benzene ring substituents is 1. The third-order valence-electron chi connectivity index (χ3n) is 6.64. The van der Waals surface area contributed by atoms with E-state index in [2.05, 4.69) is 0 Å². The number of non-ortho nitro benzene ring substituents is 1. The van der Waals surface area contributed by atoms with Gasteiger partial charge in [-0.2, -0.15) is 0 Å². The minimum Gasteiger partial charge on any atom is -0.274 e. The lowest BCUT2D eigenvalue weighted by Gasteiger charge is -2.29. The van der Waals surface area contributed by atoms with Crippen LogP contribution in [0.25, 0.3) is 0 Å². The van der Waals surface area contributed by atoms with Gasteiger partial charge in [0.05, 0.1) is 21.9 Å². The molecule has 0 aromatic heterocycles. The molecule has 3 aromatic carbocycles. The number of benzene rings is 3. The maximum absolute atomic E-state index is 13.6. The van der Waals surface area contributed by atoms with Crippen LogP contribution >= 0.6 is 0 Å². The van der Waals surface area contributed by atoms with E-state index in [9.17, 15) is 19.7 Å². The fourth-order valence-electron chi connectivity index (χ4n) is 5.27. The van der Waals surface area contributed by atoms with Crippen LogP contribution in [-0.2, 0) is 15.0 Å². The Kier molecular flexibility index (Phi) is 3.71. The lowest BCUT2D eigenvalue weighted by atomic mass is 9.79. The Balaban J connectivity index is 1.62. The highest BCUT2D eigenvalue weighted by Gasteiger charge is 2.86. The van der Waals surface area contributed by atoms with E-state index in [1.807, 2.05) is 67.6 Å². The summed E-state index contributed by atoms with van der Waals surface area (Å²) >= 11 is 0. The first-order valence-electron chi connectivity index (χ1n) is 9.68. The minimum atomic E-state index is -0.922. The fraction of sp³-hybridized carbons (Fsp3) is 0.167. The highest BCUT2D eigenvalue weighted by Crippen LogP contribution is 2.76. The smallest absolute Gasteiger partial charge is 0.269 e. The second kappa shape index (κ2) is 6.10. The molecule has 1 saturated heterocycles. The molecule has 6 heteroatoms. The number of carbonyl (C=O) groups is 2. The van der Waals surface area contributed by atoms with Crippen molar-refractivity contribution >= 4 is 23.2 Å². The Morgan fingerprint density at radius 3 is 1.73 bits per heavy atom. The second-order valence-electron chi connectivity index (χ2n) is 7.93. The van der Waals surface area contributed by atoms with Crippen molar-refractivity contribution in [3.63, 3.8) is 0 Å². The van der Waals surface area contributed by atoms with Gasteiger partial charge in [-0.15, -0.1) is 0 Å². The predicted molar refractivity (Wildman–Crippen MR) is 111 cm³/mol. The molecule has 6 nitrogen and oxygen atoms in total. The molecule has 0 N–H and O–H groups in total. The minimum absolute atomic E-state index is 0.0860. The maximum Gasteiger partial charge on any atom is 0.269 e. The summed E-state index contributed by atoms with van der Waals surface area (Å²) in [6, 6.07) is 24.9. The van der Waals surface area contributed by atoms with Gasteiger partial charge in [0.15, 0.2) is 0 Å². The highest BCUT2D eigenvalue weighted by atomic mass is 16.6. The quantitative estimate of drug-likeness (QED) is 0.377. The van der Waals surface area contributed by atoms with Gasteiger partial charge in [0.2, 0.25) is 11.8 Å². The van der Waals surface area contributed by atoms with Crippen LogP contribution in [0.3, 0.4) is 0 Å². The number of carbonyl (C=O) groups excluding carboxylic acids is 2. The molecular weight excluding hydrogens is 380 g/mol. The third kappa shape index (κ3) is 2.08. The molecule has 1 aliphatic heterocycles. The van der Waals surface area contributed by atoms with Crippen LogP contribution in [0.1, 0.15) is 18.1 Å². The monoisotopic (exact) mass is 398 g/mol. The van der Waals surface area contributed by atoms with Crippen molar-refractivity contribution in [2.24, 2.45) is 11.3 Å². The van der Waals surface area contributed by atoms with Gasteiger partial charge in [-0.05, 0) is 30.2 Å². The summed E-state index contributed by atoms with van der Waals surface area (Å²) in [6.45, 7) is 1.85. The van der Waals surface area contributed by atoms with Crippen molar-refractivity contribution in [3.05, 3.63) is 106 Å². The van der Waals surface area contributed by atoms with Gasteiger partial charge in [-0.1, -0.05) is 60.7 Å². The number of hydrogen-bond donors (Lipinski definition) is 0. The third-order valence-corrected chi connectivity index (χ3v) is 6.64. The average Bonchev–Trinajstić information content (AvgIpc) is 3.30. The van der Waals surface area contributed by atoms with Gasteiger partial charge in [-0.25, -0.2) is 4.90 Å². The second-order valence-corrected chi connectivity index (χ2v) is 7.93. The van der Waals surface area contributed by atoms with E-state index in [1.54, 1.807) is 0 Å². The number of anilines is 1. The maximum atomic E-state index is 13.6. The van der Waals surface area contributed by atoms with E-state index in [0.29, 0.717) is 5.69 Å². The molecule has 2 amide bonds. The lowest BCUT2D eigenvalue weighted by Crippen LogP contribution is -2.42. The normalized spacial score (nSPS) is 23.9. The van der Waals surface area contributed by atoms with E-state index in [0.717, 1.165) is 11.1 Å². The van der Waals surface area contributed by atoms with E-state index in [-0.39, 0.29) is 17.5 Å². The molecule has 3 aromatic rings. The number of hydrogen-bond acceptors (Lipinski definition) is 4. The van der Waals surface area contributed by atoms with Crippen LogP contribution in [-0.4, -0.2) is 16.7 Å². The summed E-state index contributed by atoms with van der Waals surface area (Å²) < 4.78 is 0. The lowest BCUT2D eigenvalue weighted by molar-refractivity contribution is -0.384. The molecule has 2 aliphatic rings. The van der Waals surface area contributed by atoms with Crippen molar-refractivity contribution in [2.75, 3.05) is 4.90 Å². The van der Waals surface area contributed by atoms with E-state index < -0.39 is 21.7 Å². The van der Waals surface area contributed by atoms with Gasteiger partial charge in [0.25, 0.3) is 5.69 Å². The molecule has 148 valence electrons. The zero-order valence-corrected chi connectivity index (χ0v) is 16.2. The summed E-state index contributed by atoms with van der Waals surface area (Å²) in [5.41, 5.74) is 0.508. The van der Waals surface area contributed by atoms with Gasteiger partial charge >= 0.3 is 0 Å². The number of rotatable bonds is 4. The van der Waals surface area contributed by atoms with Crippen LogP contribution < -0.4 is 4.90 Å². The number of nitrogens with zero attached hydrogens (tertiary/aromatic N) is 2. The molecule has 1 aliphatic carbocycles. The molecule has 0 bridgehead atoms. The van der Waals surface area contributed by atoms with Gasteiger partial charge in [0.1, 0.15) is 0 Å². The average molecular weight is 398 g/mol. The van der Waals surface area contributed by atoms with Crippen LogP contribution in [0, 0.1) is 21.4 Å². The van der Waals surface area contributed by atoms with E-state index >= 15 is 0 Å². The fourth-order valence-corrected chi connectivity index (χ4v) is 5.27. The zero-order valence-electron chi connectivity index (χ0n) is 16.2. The van der Waals surface area contributed by atoms with Crippen molar-refractivity contribution in [1.29, 1.82) is 0 Å². The topological polar surface area (TPSA) is 80.5 Å². The first kappa shape index (κ1) is 18.2. The Morgan fingerprint density at radius 1 is 0.833 bits per heavy atom. The van der Waals surface area contributed by atoms with Crippen LogP contribution in [0.5, 0.6) is 0 Å². The van der Waals surface area contributed by atoms with Gasteiger partial charge in [0, 0.05) is 17.5 Å². The Hall–Kier alpha value is -3.80. The van der Waals surface area contributed by atoms with Crippen LogP contribution in [0.2, 0.25) is 0 Å². The first-order chi connectivity index (χ1) is 14.4. The summed E-state index contributed by atoms with van der Waals surface area (Å²) in [5.74, 6) is -1.08. The van der Waals surface area contributed by atoms with Crippen molar-refractivity contribution < 1.29 is 14.5 Å². The molecule has 5 rings (SSSR count). The summed E-state index contributed by atoms with van der Waals surface area (Å²) in [6.07, 6.45) is 0. The van der Waals surface area contributed by atoms with E-state index in [4.69, 9.17) is 0 Å². The number of nitro groups is 1. The summed E-state index contributed by atoms with van der Waals surface area (Å²) in [7, 11) is 0. The number of amides is 2. The molecule has 30 heavy (non-hydrogen) atoms. The summed E-state index contributed by atoms with van der Waals surface area (Å²) in [5, 5.41) is 10.9. The predicted octanol–water partition coefficient (Wildman–Crippen LogP) is 4.09. The molecular formula is C24H18N2O4. The van der Waals surface area contributed by atoms with Crippen LogP contribution in [0.4, 0.5) is 11.4 Å². The SMILES string of the molecule is CC12C(=O)N(c3ccc([N+](=O)[O-])cc3)C(=O)C1C2(c1ccccc1)c1ccccc1. The molecule has 1 heterocycles. The van der Waals surface area contributed by atoms with Crippen LogP contribution in [0.15, 0.2) is 84.9 Å². The first-order valence-corrected chi connectivity index (χ1v) is 9.68. The molecule has 1 saturated carbocycles. The molecule has 2 unspecified atom stereocenters. The number of imide groups is 1. The largest absolute Gasteiger partial charge is 0.274 e. The Morgan fingerprint density at radius 2 is 1.33 bits per heavy atom. The molecule has 2 atom stereocenters. The standard InChI is InChI=1S/C24H18N2O4/c1-23-20(21(27)25(22(23)28)18-12-14-19(15-13-18)26(29)30)24(23,16-8-4-2-5-9-16)17-10-6-3-7-11-17/h2-15,20H,1H3. The van der Waals surface area contributed by atoms with Crippen molar-refractivity contribution in [2.45, 2.75) is 12.3 Å². The van der Waals surface area contributed by atoms with Gasteiger partial charge in [-0.3, -0.25) is 19.7 Å². The number of fused-ring (bicyclic) bond motifs is 1. The Labute approximate surface area is 172 Å². The van der Waals surface area contributed by atoms with Gasteiger partial charge < -0.3 is 0 Å². The summed E-state index contributed by atoms with van der Waals surface area (Å²) in [4.78, 5) is 38.7. The van der Waals surface area contributed by atoms with E-state index in [1.165, 1.54) is 29.2 Å². The highest BCUT2D eigenvalue weighted by molar-refractivity contribution is 6.29. The van der Waals surface area contributed by atoms with Crippen molar-refractivity contribution in [1.82, 2.24) is 0 Å². The number of piperidine rings is 1. The molecule has 0 radical (unpaired) electrons. The van der Waals surface area contributed by atoms with Crippen molar-refractivity contribution in [3.8, 4) is 0 Å². The molecule has 0 spiro atoms.